The molecule has 2 aromatic rings. The molecule has 2 heterocycles. The van der Waals surface area contributed by atoms with E-state index in [9.17, 15) is 13.2 Å². The number of hydrogen-bond donors (Lipinski definition) is 0. The molecule has 0 saturated carbocycles. The van der Waals surface area contributed by atoms with E-state index in [-0.39, 0.29) is 22.1 Å². The van der Waals surface area contributed by atoms with Gasteiger partial charge in [-0.1, -0.05) is 32.9 Å². The predicted octanol–water partition coefficient (Wildman–Crippen LogP) is 2.27. The summed E-state index contributed by atoms with van der Waals surface area (Å²) in [4.78, 5) is 25.4. The van der Waals surface area contributed by atoms with E-state index in [4.69, 9.17) is 4.74 Å². The fourth-order valence-corrected chi connectivity index (χ4v) is 4.30. The molecule has 1 amide bonds. The third-order valence-corrected chi connectivity index (χ3v) is 6.70. The number of amides is 1. The third-order valence-electron chi connectivity index (χ3n) is 4.92. The standard InChI is InChI=1S/C21H28N4O4S/c1-4-30(27,28)18-8-6-5-7-17(18)21(26)25-11-9-24(10-12-25)19-13-20(23-15-22-19)29-14-16(2)3/h5-8,13,15-16H,4,9-12,14H2,1-3H3. The van der Waals surface area contributed by atoms with Crippen molar-refractivity contribution in [1.82, 2.24) is 14.9 Å². The number of aromatic nitrogens is 2. The van der Waals surface area contributed by atoms with Gasteiger partial charge >= 0.3 is 0 Å². The van der Waals surface area contributed by atoms with Gasteiger partial charge in [0.15, 0.2) is 9.84 Å². The Morgan fingerprint density at radius 3 is 2.50 bits per heavy atom. The molecule has 1 aliphatic heterocycles. The highest BCUT2D eigenvalue weighted by atomic mass is 32.2. The first-order valence-corrected chi connectivity index (χ1v) is 11.8. The summed E-state index contributed by atoms with van der Waals surface area (Å²) in [5, 5.41) is 0. The average Bonchev–Trinajstić information content (AvgIpc) is 2.77. The zero-order chi connectivity index (χ0) is 21.7. The second-order valence-corrected chi connectivity index (χ2v) is 9.84. The molecule has 0 N–H and O–H groups in total. The van der Waals surface area contributed by atoms with Crippen LogP contribution in [0.4, 0.5) is 5.82 Å². The Hall–Kier alpha value is -2.68. The second kappa shape index (κ2) is 9.42. The maximum atomic E-state index is 13.0. The van der Waals surface area contributed by atoms with Crippen molar-refractivity contribution in [2.75, 3.05) is 43.4 Å². The molecular weight excluding hydrogens is 404 g/mol. The highest BCUT2D eigenvalue weighted by Crippen LogP contribution is 2.22. The molecule has 1 saturated heterocycles. The molecule has 1 fully saturated rings. The quantitative estimate of drug-likeness (QED) is 0.663. The third kappa shape index (κ3) is 5.08. The van der Waals surface area contributed by atoms with Crippen molar-refractivity contribution in [1.29, 1.82) is 0 Å². The molecule has 0 spiro atoms. The number of ether oxygens (including phenoxy) is 1. The van der Waals surface area contributed by atoms with Crippen LogP contribution >= 0.6 is 0 Å². The molecule has 0 atom stereocenters. The van der Waals surface area contributed by atoms with Gasteiger partial charge in [-0.3, -0.25) is 4.79 Å². The van der Waals surface area contributed by atoms with Gasteiger partial charge in [0.1, 0.15) is 12.1 Å². The highest BCUT2D eigenvalue weighted by Gasteiger charge is 2.27. The lowest BCUT2D eigenvalue weighted by Crippen LogP contribution is -2.49. The van der Waals surface area contributed by atoms with Crippen LogP contribution in [0.5, 0.6) is 5.88 Å². The normalized spacial score (nSPS) is 14.8. The van der Waals surface area contributed by atoms with Gasteiger partial charge in [0.05, 0.1) is 22.8 Å². The van der Waals surface area contributed by atoms with Gasteiger partial charge in [-0.05, 0) is 18.1 Å². The van der Waals surface area contributed by atoms with Crippen molar-refractivity contribution >= 4 is 21.6 Å². The molecule has 8 nitrogen and oxygen atoms in total. The van der Waals surface area contributed by atoms with E-state index >= 15 is 0 Å². The number of benzene rings is 1. The molecule has 0 unspecified atom stereocenters. The lowest BCUT2D eigenvalue weighted by Gasteiger charge is -2.35. The maximum Gasteiger partial charge on any atom is 0.255 e. The van der Waals surface area contributed by atoms with Gasteiger partial charge in [-0.2, -0.15) is 0 Å². The SMILES string of the molecule is CCS(=O)(=O)c1ccccc1C(=O)N1CCN(c2cc(OCC(C)C)ncn2)CC1. The fraction of sp³-hybridized carbons (Fsp3) is 0.476. The lowest BCUT2D eigenvalue weighted by molar-refractivity contribution is 0.0742. The molecule has 3 rings (SSSR count). The first kappa shape index (κ1) is 22.0. The summed E-state index contributed by atoms with van der Waals surface area (Å²) in [7, 11) is -3.47. The summed E-state index contributed by atoms with van der Waals surface area (Å²) >= 11 is 0. The van der Waals surface area contributed by atoms with Crippen molar-refractivity contribution in [2.24, 2.45) is 5.92 Å². The van der Waals surface area contributed by atoms with Gasteiger partial charge in [0.25, 0.3) is 5.91 Å². The van der Waals surface area contributed by atoms with Crippen molar-refractivity contribution in [3.63, 3.8) is 0 Å². The fourth-order valence-electron chi connectivity index (χ4n) is 3.21. The van der Waals surface area contributed by atoms with Crippen LogP contribution in [0.25, 0.3) is 0 Å². The Kier molecular flexibility index (Phi) is 6.91. The van der Waals surface area contributed by atoms with Crippen molar-refractivity contribution in [3.05, 3.63) is 42.2 Å². The molecule has 0 bridgehead atoms. The average molecular weight is 433 g/mol. The zero-order valence-electron chi connectivity index (χ0n) is 17.6. The van der Waals surface area contributed by atoms with Crippen LogP contribution in [0.2, 0.25) is 0 Å². The molecule has 30 heavy (non-hydrogen) atoms. The minimum absolute atomic E-state index is 0.0417. The Labute approximate surface area is 177 Å². The van der Waals surface area contributed by atoms with E-state index in [1.54, 1.807) is 30.0 Å². The summed E-state index contributed by atoms with van der Waals surface area (Å²) in [6.07, 6.45) is 1.48. The van der Waals surface area contributed by atoms with E-state index in [1.165, 1.54) is 12.4 Å². The van der Waals surface area contributed by atoms with Crippen LogP contribution < -0.4 is 9.64 Å². The van der Waals surface area contributed by atoms with Crippen LogP contribution in [-0.4, -0.2) is 67.7 Å². The number of hydrogen-bond acceptors (Lipinski definition) is 7. The van der Waals surface area contributed by atoms with E-state index < -0.39 is 9.84 Å². The van der Waals surface area contributed by atoms with Crippen molar-refractivity contribution in [3.8, 4) is 5.88 Å². The molecule has 162 valence electrons. The minimum Gasteiger partial charge on any atom is -0.477 e. The van der Waals surface area contributed by atoms with Gasteiger partial charge in [0.2, 0.25) is 5.88 Å². The maximum absolute atomic E-state index is 13.0. The van der Waals surface area contributed by atoms with Crippen molar-refractivity contribution in [2.45, 2.75) is 25.7 Å². The van der Waals surface area contributed by atoms with E-state index in [2.05, 4.69) is 28.7 Å². The molecular formula is C21H28N4O4S. The Bertz CT molecular complexity index is 986. The molecule has 9 heteroatoms. The lowest BCUT2D eigenvalue weighted by atomic mass is 10.2. The Morgan fingerprint density at radius 2 is 1.83 bits per heavy atom. The first-order valence-electron chi connectivity index (χ1n) is 10.1. The predicted molar refractivity (Wildman–Crippen MR) is 115 cm³/mol. The van der Waals surface area contributed by atoms with Crippen LogP contribution in [0.15, 0.2) is 41.6 Å². The first-order chi connectivity index (χ1) is 14.3. The Morgan fingerprint density at radius 1 is 1.13 bits per heavy atom. The summed E-state index contributed by atoms with van der Waals surface area (Å²) in [6.45, 7) is 8.45. The van der Waals surface area contributed by atoms with E-state index in [0.717, 1.165) is 5.82 Å². The summed E-state index contributed by atoms with van der Waals surface area (Å²) in [6, 6.07) is 8.23. The van der Waals surface area contributed by atoms with E-state index in [1.807, 2.05) is 6.07 Å². The summed E-state index contributed by atoms with van der Waals surface area (Å²) in [5.74, 6) is 1.39. The smallest absolute Gasteiger partial charge is 0.255 e. The number of anilines is 1. The van der Waals surface area contributed by atoms with Gasteiger partial charge < -0.3 is 14.5 Å². The highest BCUT2D eigenvalue weighted by molar-refractivity contribution is 7.91. The van der Waals surface area contributed by atoms with Crippen molar-refractivity contribution < 1.29 is 17.9 Å². The zero-order valence-corrected chi connectivity index (χ0v) is 18.4. The summed E-state index contributed by atoms with van der Waals surface area (Å²) < 4.78 is 30.4. The molecule has 0 radical (unpaired) electrons. The van der Waals surface area contributed by atoms with Gasteiger partial charge in [-0.25, -0.2) is 18.4 Å². The molecule has 0 aliphatic carbocycles. The molecule has 1 aliphatic rings. The van der Waals surface area contributed by atoms with Crippen LogP contribution in [0.1, 0.15) is 31.1 Å². The Balaban J connectivity index is 1.68. The van der Waals surface area contributed by atoms with Gasteiger partial charge in [-0.15, -0.1) is 0 Å². The van der Waals surface area contributed by atoms with Crippen LogP contribution in [-0.2, 0) is 9.84 Å². The topological polar surface area (TPSA) is 92.7 Å². The second-order valence-electron chi connectivity index (χ2n) is 7.60. The number of carbonyl (C=O) groups excluding carboxylic acids is 1. The summed E-state index contributed by atoms with van der Waals surface area (Å²) in [5.41, 5.74) is 0.235. The van der Waals surface area contributed by atoms with Crippen LogP contribution in [0.3, 0.4) is 0 Å². The number of piperazine rings is 1. The number of nitrogens with zero attached hydrogens (tertiary/aromatic N) is 4. The van der Waals surface area contributed by atoms with Gasteiger partial charge in [0, 0.05) is 32.2 Å². The largest absolute Gasteiger partial charge is 0.477 e. The number of carbonyl (C=O) groups is 1. The van der Waals surface area contributed by atoms with E-state index in [0.29, 0.717) is 44.6 Å². The number of rotatable bonds is 7. The molecule has 1 aromatic carbocycles. The monoisotopic (exact) mass is 432 g/mol. The van der Waals surface area contributed by atoms with Crippen LogP contribution in [0, 0.1) is 5.92 Å². The minimum atomic E-state index is -3.47. The number of sulfone groups is 1. The molecule has 1 aromatic heterocycles.